The number of rotatable bonds is 11. The number of nitrogens with one attached hydrogen (secondary N) is 3. The van der Waals surface area contributed by atoms with Crippen molar-refractivity contribution in [3.8, 4) is 6.07 Å². The lowest BCUT2D eigenvalue weighted by atomic mass is 9.97. The molecule has 0 aliphatic rings. The van der Waals surface area contributed by atoms with Crippen molar-refractivity contribution in [1.82, 2.24) is 16.0 Å². The number of nitrogens with two attached hydrogens (primary N) is 1. The van der Waals surface area contributed by atoms with Crippen LogP contribution in [0, 0.1) is 17.2 Å². The summed E-state index contributed by atoms with van der Waals surface area (Å²) in [6.45, 7) is 10.6. The summed E-state index contributed by atoms with van der Waals surface area (Å²) in [5.74, 6) is -0.967. The van der Waals surface area contributed by atoms with Crippen LogP contribution in [0.1, 0.15) is 53.5 Å². The molecule has 1 aromatic carbocycles. The van der Waals surface area contributed by atoms with Crippen LogP contribution in [0.5, 0.6) is 0 Å². The molecular weight excluding hydrogens is 422 g/mol. The highest BCUT2D eigenvalue weighted by molar-refractivity contribution is 5.88. The monoisotopic (exact) mass is 459 g/mol. The van der Waals surface area contributed by atoms with Crippen LogP contribution in [0.3, 0.4) is 0 Å². The van der Waals surface area contributed by atoms with E-state index in [4.69, 9.17) is 10.5 Å². The predicted octanol–water partition coefficient (Wildman–Crippen LogP) is 2.01. The Kier molecular flexibility index (Phi) is 10.8. The highest BCUT2D eigenvalue weighted by atomic mass is 16.6. The Morgan fingerprint density at radius 3 is 2.18 bits per heavy atom. The SMILES string of the molecule is CC(C)C[C@H](N[C@@H](C#N)[C@H](Cc1ccccc1)NC(=O)OC(C)(C)C)C(=O)N[C@@H](C)C(N)=O. The zero-order valence-electron chi connectivity index (χ0n) is 20.3. The molecule has 0 saturated heterocycles. The van der Waals surface area contributed by atoms with Gasteiger partial charge < -0.3 is 21.1 Å². The number of ether oxygens (including phenoxy) is 1. The van der Waals surface area contributed by atoms with E-state index in [1.165, 1.54) is 6.92 Å². The second-order valence-electron chi connectivity index (χ2n) is 9.53. The molecule has 5 N–H and O–H groups in total. The van der Waals surface area contributed by atoms with Gasteiger partial charge in [0.1, 0.15) is 17.7 Å². The van der Waals surface area contributed by atoms with Crippen LogP contribution in [0.4, 0.5) is 4.79 Å². The first-order valence-electron chi connectivity index (χ1n) is 11.1. The van der Waals surface area contributed by atoms with Gasteiger partial charge in [-0.05, 0) is 52.0 Å². The van der Waals surface area contributed by atoms with Crippen LogP contribution in [0.15, 0.2) is 30.3 Å². The molecule has 0 unspecified atom stereocenters. The number of carbonyl (C=O) groups excluding carboxylic acids is 3. The number of nitrogens with zero attached hydrogens (tertiary/aromatic N) is 1. The van der Waals surface area contributed by atoms with E-state index in [0.717, 1.165) is 5.56 Å². The molecule has 0 saturated carbocycles. The van der Waals surface area contributed by atoms with Crippen molar-refractivity contribution < 1.29 is 19.1 Å². The van der Waals surface area contributed by atoms with Crippen molar-refractivity contribution in [3.63, 3.8) is 0 Å². The van der Waals surface area contributed by atoms with Crippen molar-refractivity contribution >= 4 is 17.9 Å². The molecule has 9 nitrogen and oxygen atoms in total. The lowest BCUT2D eigenvalue weighted by Gasteiger charge is -2.30. The molecule has 33 heavy (non-hydrogen) atoms. The maximum Gasteiger partial charge on any atom is 0.407 e. The van der Waals surface area contributed by atoms with Gasteiger partial charge in [0.25, 0.3) is 0 Å². The Morgan fingerprint density at radius 1 is 1.09 bits per heavy atom. The molecule has 0 aromatic heterocycles. The summed E-state index contributed by atoms with van der Waals surface area (Å²) in [7, 11) is 0. The van der Waals surface area contributed by atoms with E-state index in [-0.39, 0.29) is 5.92 Å². The van der Waals surface area contributed by atoms with E-state index in [0.29, 0.717) is 12.8 Å². The fourth-order valence-electron chi connectivity index (χ4n) is 3.15. The molecular formula is C24H37N5O4. The van der Waals surface area contributed by atoms with Gasteiger partial charge in [0, 0.05) is 0 Å². The Morgan fingerprint density at radius 2 is 1.70 bits per heavy atom. The van der Waals surface area contributed by atoms with E-state index in [9.17, 15) is 19.6 Å². The summed E-state index contributed by atoms with van der Waals surface area (Å²) >= 11 is 0. The lowest BCUT2D eigenvalue weighted by molar-refractivity contribution is -0.128. The molecule has 3 amide bonds. The number of hydrogen-bond donors (Lipinski definition) is 4. The zero-order valence-corrected chi connectivity index (χ0v) is 20.3. The van der Waals surface area contributed by atoms with Crippen molar-refractivity contribution in [2.75, 3.05) is 0 Å². The molecule has 0 bridgehead atoms. The third-order valence-corrected chi connectivity index (χ3v) is 4.73. The minimum absolute atomic E-state index is 0.128. The van der Waals surface area contributed by atoms with E-state index in [1.807, 2.05) is 44.2 Å². The quantitative estimate of drug-likeness (QED) is 0.398. The average molecular weight is 460 g/mol. The van der Waals surface area contributed by atoms with Crippen molar-refractivity contribution in [3.05, 3.63) is 35.9 Å². The fourth-order valence-corrected chi connectivity index (χ4v) is 3.15. The number of benzene rings is 1. The topological polar surface area (TPSA) is 146 Å². The van der Waals surface area contributed by atoms with Crippen molar-refractivity contribution in [1.29, 1.82) is 5.26 Å². The fraction of sp³-hybridized carbons (Fsp3) is 0.583. The van der Waals surface area contributed by atoms with E-state index >= 15 is 0 Å². The Labute approximate surface area is 196 Å². The van der Waals surface area contributed by atoms with Crippen LogP contribution in [-0.2, 0) is 20.7 Å². The molecule has 182 valence electrons. The molecule has 0 radical (unpaired) electrons. The summed E-state index contributed by atoms with van der Waals surface area (Å²) in [5, 5.41) is 18.4. The smallest absolute Gasteiger partial charge is 0.407 e. The number of nitriles is 1. The molecule has 0 aliphatic carbocycles. The number of hydrogen-bond acceptors (Lipinski definition) is 6. The minimum atomic E-state index is -0.906. The minimum Gasteiger partial charge on any atom is -0.444 e. The average Bonchev–Trinajstić information content (AvgIpc) is 2.69. The first kappa shape index (κ1) is 27.9. The zero-order chi connectivity index (χ0) is 25.2. The van der Waals surface area contributed by atoms with Gasteiger partial charge in [0.05, 0.1) is 18.2 Å². The third kappa shape index (κ3) is 10.8. The molecule has 4 atom stereocenters. The van der Waals surface area contributed by atoms with Gasteiger partial charge >= 0.3 is 6.09 Å². The van der Waals surface area contributed by atoms with Gasteiger partial charge in [-0.3, -0.25) is 14.9 Å². The summed E-state index contributed by atoms with van der Waals surface area (Å²) in [6.07, 6.45) is 0.108. The van der Waals surface area contributed by atoms with Crippen LogP contribution in [0.2, 0.25) is 0 Å². The van der Waals surface area contributed by atoms with E-state index < -0.39 is 47.7 Å². The second kappa shape index (κ2) is 12.8. The van der Waals surface area contributed by atoms with Gasteiger partial charge in [0.15, 0.2) is 0 Å². The molecule has 0 aliphatic heterocycles. The number of primary amides is 1. The molecule has 1 rings (SSSR count). The first-order valence-corrected chi connectivity index (χ1v) is 11.1. The maximum absolute atomic E-state index is 12.8. The predicted molar refractivity (Wildman–Crippen MR) is 126 cm³/mol. The molecule has 0 fully saturated rings. The molecule has 9 heteroatoms. The molecule has 0 spiro atoms. The van der Waals surface area contributed by atoms with Crippen LogP contribution < -0.4 is 21.7 Å². The highest BCUT2D eigenvalue weighted by Gasteiger charge is 2.31. The normalized spacial score (nSPS) is 15.0. The standard InChI is InChI=1S/C24H37N5O4/c1-15(2)12-19(22(31)27-16(3)21(26)30)28-20(14-25)18(13-17-10-8-7-9-11-17)29-23(32)33-24(4,5)6/h7-11,15-16,18-20,28H,12-13H2,1-6H3,(H2,26,30)(H,27,31)(H,29,32)/t16-,18-,19-,20-/m0/s1. The number of alkyl carbamates (subject to hydrolysis) is 1. The Balaban J connectivity index is 3.13. The van der Waals surface area contributed by atoms with Gasteiger partial charge in [0.2, 0.25) is 11.8 Å². The largest absolute Gasteiger partial charge is 0.444 e. The second-order valence-corrected chi connectivity index (χ2v) is 9.53. The Hall–Kier alpha value is -3.12. The van der Waals surface area contributed by atoms with Gasteiger partial charge in [-0.25, -0.2) is 4.79 Å². The van der Waals surface area contributed by atoms with Crippen LogP contribution in [0.25, 0.3) is 0 Å². The van der Waals surface area contributed by atoms with Gasteiger partial charge in [-0.2, -0.15) is 5.26 Å². The lowest BCUT2D eigenvalue weighted by Crippen LogP contribution is -2.58. The summed E-state index contributed by atoms with van der Waals surface area (Å²) in [4.78, 5) is 36.7. The van der Waals surface area contributed by atoms with Gasteiger partial charge in [-0.1, -0.05) is 44.2 Å². The number of amides is 3. The summed E-state index contributed by atoms with van der Waals surface area (Å²) in [6, 6.07) is 8.37. The van der Waals surface area contributed by atoms with Crippen LogP contribution in [-0.4, -0.2) is 47.7 Å². The van der Waals surface area contributed by atoms with Gasteiger partial charge in [-0.15, -0.1) is 0 Å². The molecule has 0 heterocycles. The molecule has 1 aromatic rings. The number of carbonyl (C=O) groups is 3. The summed E-state index contributed by atoms with van der Waals surface area (Å²) < 4.78 is 5.38. The highest BCUT2D eigenvalue weighted by Crippen LogP contribution is 2.13. The van der Waals surface area contributed by atoms with E-state index in [2.05, 4.69) is 22.0 Å². The first-order chi connectivity index (χ1) is 15.3. The Bertz CT molecular complexity index is 829. The summed E-state index contributed by atoms with van der Waals surface area (Å²) in [5.41, 5.74) is 5.47. The third-order valence-electron chi connectivity index (χ3n) is 4.73. The van der Waals surface area contributed by atoms with E-state index in [1.54, 1.807) is 20.8 Å². The maximum atomic E-state index is 12.8. The van der Waals surface area contributed by atoms with Crippen molar-refractivity contribution in [2.45, 2.75) is 84.2 Å². The van der Waals surface area contributed by atoms with Crippen molar-refractivity contribution in [2.24, 2.45) is 11.7 Å². The van der Waals surface area contributed by atoms with Crippen LogP contribution >= 0.6 is 0 Å².